The van der Waals surface area contributed by atoms with Gasteiger partial charge in [0.25, 0.3) is 0 Å². The fourth-order valence-electron chi connectivity index (χ4n) is 3.21. The summed E-state index contributed by atoms with van der Waals surface area (Å²) in [5.41, 5.74) is 0.580. The Labute approximate surface area is 209 Å². The van der Waals surface area contributed by atoms with Crippen LogP contribution in [0.25, 0.3) is 10.9 Å². The number of aromatic nitrogens is 1. The Morgan fingerprint density at radius 2 is 1.81 bits per heavy atom. The summed E-state index contributed by atoms with van der Waals surface area (Å²) in [6, 6.07) is 12.2. The van der Waals surface area contributed by atoms with Crippen LogP contribution < -0.4 is 15.2 Å². The van der Waals surface area contributed by atoms with E-state index < -0.39 is 31.4 Å². The highest BCUT2D eigenvalue weighted by Gasteiger charge is 2.19. The van der Waals surface area contributed by atoms with Crippen LogP contribution in [0.15, 0.2) is 53.3 Å². The highest BCUT2D eigenvalue weighted by Crippen LogP contribution is 2.32. The third kappa shape index (κ3) is 6.07. The molecule has 0 saturated carbocycles. The summed E-state index contributed by atoms with van der Waals surface area (Å²) in [4.78, 5) is 17.2. The highest BCUT2D eigenvalue weighted by atomic mass is 35.5. The second-order valence-electron chi connectivity index (χ2n) is 6.68. The number of benzene rings is 2. The van der Waals surface area contributed by atoms with Gasteiger partial charge < -0.3 is 14.6 Å². The Bertz CT molecular complexity index is 1400. The third-order valence-electron chi connectivity index (χ3n) is 4.74. The maximum atomic E-state index is 11.6. The van der Waals surface area contributed by atoms with Crippen LogP contribution >= 0.6 is 35.6 Å². The van der Waals surface area contributed by atoms with Crippen LogP contribution in [-0.2, 0) is 0 Å². The minimum absolute atomic E-state index is 0. The van der Waals surface area contributed by atoms with Gasteiger partial charge in [0, 0.05) is 46.5 Å². The molecule has 0 atom stereocenters. The number of piperazine rings is 1. The molecule has 0 radical (unpaired) electrons. The molecule has 1 fully saturated rings. The van der Waals surface area contributed by atoms with Crippen LogP contribution in [0.2, 0.25) is 10.0 Å². The molecule has 5 nitrogen and oxygen atoms in total. The Morgan fingerprint density at radius 3 is 2.61 bits per heavy atom. The zero-order chi connectivity index (χ0) is 28.1. The van der Waals surface area contributed by atoms with Gasteiger partial charge in [-0.05, 0) is 55.0 Å². The Hall–Kier alpha value is -1.92. The summed E-state index contributed by atoms with van der Waals surface area (Å²) in [7, 11) is 0. The fraction of sp³-hybridized carbons (Fsp3) is 0.348. The largest absolute Gasteiger partial charge is 0.494 e. The summed E-state index contributed by atoms with van der Waals surface area (Å²) < 4.78 is 72.7. The fourth-order valence-corrected chi connectivity index (χ4v) is 3.62. The van der Waals surface area contributed by atoms with Gasteiger partial charge in [0.15, 0.2) is 0 Å². The number of H-pyrrole nitrogens is 1. The molecule has 0 aliphatic carbocycles. The molecule has 8 heteroatoms. The third-order valence-corrected chi connectivity index (χ3v) is 5.55. The van der Waals surface area contributed by atoms with Gasteiger partial charge in [0.05, 0.1) is 30.5 Å². The molecule has 1 N–H and O–H groups in total. The summed E-state index contributed by atoms with van der Waals surface area (Å²) in [6.45, 7) is -5.63. The molecule has 166 valence electrons. The van der Waals surface area contributed by atoms with Crippen LogP contribution in [0.1, 0.15) is 23.7 Å². The standard InChI is InChI=1S/C23H25Cl2N3O2.ClH/c24-19-4-3-5-21(23(19)25)28-13-11-27(12-14-28)10-1-2-15-30-18-8-6-17-7-9-22(29)26-20(17)16-18;/h3-9,16H,1-2,10-15H2,(H,26,29);1H/i1D2,2D2,10D2,15D2;. The molecule has 1 aliphatic rings. The first-order valence-electron chi connectivity index (χ1n) is 13.3. The minimum atomic E-state index is -3.45. The normalized spacial score (nSPS) is 20.1. The lowest BCUT2D eigenvalue weighted by atomic mass is 10.2. The zero-order valence-corrected chi connectivity index (χ0v) is 18.7. The van der Waals surface area contributed by atoms with Crippen molar-refractivity contribution in [2.45, 2.75) is 12.7 Å². The number of rotatable bonds is 7. The van der Waals surface area contributed by atoms with Gasteiger partial charge in [-0.1, -0.05) is 29.3 Å². The Morgan fingerprint density at radius 1 is 1.03 bits per heavy atom. The molecule has 0 spiro atoms. The minimum Gasteiger partial charge on any atom is -0.494 e. The van der Waals surface area contributed by atoms with Crippen molar-refractivity contribution in [3.63, 3.8) is 0 Å². The van der Waals surface area contributed by atoms with Crippen molar-refractivity contribution in [1.82, 2.24) is 9.88 Å². The van der Waals surface area contributed by atoms with E-state index >= 15 is 0 Å². The van der Waals surface area contributed by atoms with Crippen LogP contribution in [0, 0.1) is 0 Å². The molecule has 1 aliphatic heterocycles. The van der Waals surface area contributed by atoms with Gasteiger partial charge in [-0.15, -0.1) is 12.4 Å². The topological polar surface area (TPSA) is 48.6 Å². The molecule has 2 heterocycles. The Balaban J connectivity index is 0.00000420. The van der Waals surface area contributed by atoms with E-state index in [2.05, 4.69) is 4.98 Å². The van der Waals surface area contributed by atoms with Crippen LogP contribution in [0.5, 0.6) is 5.75 Å². The monoisotopic (exact) mass is 489 g/mol. The zero-order valence-electron chi connectivity index (χ0n) is 24.3. The number of anilines is 1. The molecule has 2 aromatic carbocycles. The summed E-state index contributed by atoms with van der Waals surface area (Å²) in [5.74, 6) is -0.156. The second-order valence-corrected chi connectivity index (χ2v) is 7.47. The van der Waals surface area contributed by atoms with E-state index in [1.54, 1.807) is 24.3 Å². The van der Waals surface area contributed by atoms with Crippen LogP contribution in [0.4, 0.5) is 5.69 Å². The number of pyridine rings is 1. The van der Waals surface area contributed by atoms with Crippen molar-refractivity contribution in [3.05, 3.63) is 68.9 Å². The summed E-state index contributed by atoms with van der Waals surface area (Å²) in [6.07, 6.45) is -6.81. The van der Waals surface area contributed by atoms with Gasteiger partial charge in [-0.25, -0.2) is 0 Å². The first-order valence-corrected chi connectivity index (χ1v) is 10.1. The number of nitrogens with zero attached hydrogens (tertiary/aromatic N) is 2. The number of fused-ring (bicyclic) bond motifs is 1. The average molecular weight is 491 g/mol. The highest BCUT2D eigenvalue weighted by molar-refractivity contribution is 6.43. The molecule has 4 rings (SSSR count). The summed E-state index contributed by atoms with van der Waals surface area (Å²) in [5, 5.41) is 1.34. The average Bonchev–Trinajstić information content (AvgIpc) is 2.85. The van der Waals surface area contributed by atoms with Gasteiger partial charge in [0.1, 0.15) is 5.75 Å². The molecule has 31 heavy (non-hydrogen) atoms. The number of ether oxygens (including phenoxy) is 1. The van der Waals surface area contributed by atoms with Crippen LogP contribution in [0.3, 0.4) is 0 Å². The maximum Gasteiger partial charge on any atom is 0.248 e. The molecule has 0 amide bonds. The number of nitrogens with one attached hydrogen (secondary N) is 1. The van der Waals surface area contributed by atoms with E-state index in [1.165, 1.54) is 24.3 Å². The molecule has 1 aromatic heterocycles. The molecule has 1 saturated heterocycles. The second kappa shape index (κ2) is 11.1. The number of hydrogen-bond donors (Lipinski definition) is 1. The van der Waals surface area contributed by atoms with E-state index in [0.717, 1.165) is 4.90 Å². The SMILES string of the molecule is Cl.[2H]C([2H])(Oc1ccc2ccc(=O)[nH]c2c1)C([2H])([2H])C([2H])([2H])C([2H])([2H])N1CCN(c2cccc(Cl)c2Cl)CC1. The molecule has 0 bridgehead atoms. The quantitative estimate of drug-likeness (QED) is 0.492. The van der Waals surface area contributed by atoms with E-state index in [9.17, 15) is 4.79 Å². The lowest BCUT2D eigenvalue weighted by Gasteiger charge is -2.36. The summed E-state index contributed by atoms with van der Waals surface area (Å²) >= 11 is 12.4. The Kier molecular flexibility index (Phi) is 5.37. The molecular formula is C23H26Cl3N3O2. The van der Waals surface area contributed by atoms with Gasteiger partial charge >= 0.3 is 0 Å². The van der Waals surface area contributed by atoms with E-state index in [0.29, 0.717) is 26.6 Å². The number of hydrogen-bond acceptors (Lipinski definition) is 4. The van der Waals surface area contributed by atoms with Crippen LogP contribution in [-0.4, -0.2) is 49.1 Å². The first kappa shape index (κ1) is 15.0. The lowest BCUT2D eigenvalue weighted by Crippen LogP contribution is -2.46. The van der Waals surface area contributed by atoms with Gasteiger partial charge in [0.2, 0.25) is 5.56 Å². The van der Waals surface area contributed by atoms with Gasteiger partial charge in [-0.3, -0.25) is 9.69 Å². The van der Waals surface area contributed by atoms with Crippen molar-refractivity contribution in [1.29, 1.82) is 0 Å². The van der Waals surface area contributed by atoms with Crippen molar-refractivity contribution >= 4 is 52.2 Å². The van der Waals surface area contributed by atoms with Crippen molar-refractivity contribution in [2.75, 3.05) is 44.1 Å². The van der Waals surface area contributed by atoms with Crippen molar-refractivity contribution in [2.24, 2.45) is 0 Å². The molecule has 3 aromatic rings. The van der Waals surface area contributed by atoms with Crippen molar-refractivity contribution in [3.8, 4) is 5.75 Å². The van der Waals surface area contributed by atoms with E-state index in [1.807, 2.05) is 4.90 Å². The first-order chi connectivity index (χ1) is 17.6. The predicted molar refractivity (Wildman–Crippen MR) is 132 cm³/mol. The predicted octanol–water partition coefficient (Wildman–Crippen LogP) is 5.24. The lowest BCUT2D eigenvalue weighted by molar-refractivity contribution is 0.238. The number of aromatic amines is 1. The van der Waals surface area contributed by atoms with Gasteiger partial charge in [-0.2, -0.15) is 0 Å². The number of halogens is 3. The maximum absolute atomic E-state index is 11.6. The molecule has 0 unspecified atom stereocenters. The molecular weight excluding hydrogens is 457 g/mol. The van der Waals surface area contributed by atoms with E-state index in [4.69, 9.17) is 38.9 Å². The van der Waals surface area contributed by atoms with E-state index in [-0.39, 0.29) is 44.3 Å². The smallest absolute Gasteiger partial charge is 0.248 e. The van der Waals surface area contributed by atoms with Crippen molar-refractivity contribution < 1.29 is 15.7 Å².